The summed E-state index contributed by atoms with van der Waals surface area (Å²) in [5, 5.41) is 9.41. The molecule has 1 aromatic heterocycles. The Balaban J connectivity index is 0.00000274. The van der Waals surface area contributed by atoms with E-state index in [0.29, 0.717) is 16.0 Å². The van der Waals surface area contributed by atoms with Crippen LogP contribution in [-0.2, 0) is 17.1 Å². The molecule has 1 saturated heterocycles. The molecule has 2 heterocycles. The van der Waals surface area contributed by atoms with Crippen LogP contribution < -0.4 is 14.9 Å². The SMILES string of the molecule is Cl.Cn1cc(Br)c(-c2cccc(NS(=O)(=O)c3c(N4CCNCC4)ccc4ccccc34)c2)n1. The normalized spacial score (nSPS) is 14.1. The summed E-state index contributed by atoms with van der Waals surface area (Å²) >= 11 is 3.52. The van der Waals surface area contributed by atoms with Crippen LogP contribution in [0.5, 0.6) is 0 Å². The monoisotopic (exact) mass is 561 g/mol. The molecular weight excluding hydrogens is 538 g/mol. The highest BCUT2D eigenvalue weighted by molar-refractivity contribution is 9.10. The number of hydrogen-bond donors (Lipinski definition) is 2. The van der Waals surface area contributed by atoms with Gasteiger partial charge >= 0.3 is 0 Å². The zero-order chi connectivity index (χ0) is 23.0. The van der Waals surface area contributed by atoms with E-state index in [-0.39, 0.29) is 12.4 Å². The van der Waals surface area contributed by atoms with Gasteiger partial charge in [0.2, 0.25) is 0 Å². The Bertz CT molecular complexity index is 1430. The van der Waals surface area contributed by atoms with Crippen LogP contribution >= 0.6 is 28.3 Å². The maximum atomic E-state index is 13.8. The molecule has 3 aromatic carbocycles. The molecule has 0 saturated carbocycles. The summed E-state index contributed by atoms with van der Waals surface area (Å²) in [6.45, 7) is 3.15. The molecule has 7 nitrogen and oxygen atoms in total. The van der Waals surface area contributed by atoms with Gasteiger partial charge in [-0.05, 0) is 39.5 Å². The minimum atomic E-state index is -3.87. The quantitative estimate of drug-likeness (QED) is 0.371. The van der Waals surface area contributed by atoms with Gasteiger partial charge in [0.05, 0.1) is 10.2 Å². The van der Waals surface area contributed by atoms with Crippen LogP contribution in [0.4, 0.5) is 11.4 Å². The molecule has 0 unspecified atom stereocenters. The maximum absolute atomic E-state index is 13.8. The van der Waals surface area contributed by atoms with Crippen LogP contribution in [-0.4, -0.2) is 44.4 Å². The molecule has 0 aliphatic carbocycles. The highest BCUT2D eigenvalue weighted by Gasteiger charge is 2.26. The molecule has 178 valence electrons. The minimum absolute atomic E-state index is 0. The Morgan fingerprint density at radius 3 is 2.53 bits per heavy atom. The van der Waals surface area contributed by atoms with Crippen molar-refractivity contribution in [3.05, 3.63) is 71.3 Å². The minimum Gasteiger partial charge on any atom is -0.368 e. The molecule has 4 aromatic rings. The van der Waals surface area contributed by atoms with E-state index in [0.717, 1.165) is 53.0 Å². The van der Waals surface area contributed by atoms with Crippen molar-refractivity contribution >= 4 is 60.5 Å². The lowest BCUT2D eigenvalue weighted by molar-refractivity contribution is 0.582. The van der Waals surface area contributed by atoms with Gasteiger partial charge < -0.3 is 10.2 Å². The zero-order valence-electron chi connectivity index (χ0n) is 18.5. The predicted octanol–water partition coefficient (Wildman–Crippen LogP) is 4.64. The zero-order valence-corrected chi connectivity index (χ0v) is 21.8. The summed E-state index contributed by atoms with van der Waals surface area (Å²) in [7, 11) is -2.03. The van der Waals surface area contributed by atoms with E-state index < -0.39 is 10.0 Å². The lowest BCUT2D eigenvalue weighted by Crippen LogP contribution is -2.44. The third kappa shape index (κ3) is 4.79. The molecule has 0 atom stereocenters. The van der Waals surface area contributed by atoms with Crippen molar-refractivity contribution in [3.8, 4) is 11.3 Å². The second-order valence-electron chi connectivity index (χ2n) is 8.06. The molecule has 0 spiro atoms. The van der Waals surface area contributed by atoms with Gasteiger partial charge in [-0.15, -0.1) is 12.4 Å². The first kappa shape index (κ1) is 24.5. The van der Waals surface area contributed by atoms with E-state index in [2.05, 4.69) is 36.0 Å². The van der Waals surface area contributed by atoms with Crippen LogP contribution in [0, 0.1) is 0 Å². The molecule has 0 bridgehead atoms. The number of rotatable bonds is 5. The van der Waals surface area contributed by atoms with E-state index in [9.17, 15) is 8.42 Å². The average Bonchev–Trinajstić information content (AvgIpc) is 3.16. The molecule has 1 aliphatic heterocycles. The summed E-state index contributed by atoms with van der Waals surface area (Å²) < 4.78 is 33.0. The van der Waals surface area contributed by atoms with Gasteiger partial charge in [-0.25, -0.2) is 8.42 Å². The Labute approximate surface area is 213 Å². The maximum Gasteiger partial charge on any atom is 0.264 e. The van der Waals surface area contributed by atoms with Crippen molar-refractivity contribution in [3.63, 3.8) is 0 Å². The summed E-state index contributed by atoms with van der Waals surface area (Å²) in [5.74, 6) is 0. The number of nitrogens with one attached hydrogen (secondary N) is 2. The second-order valence-corrected chi connectivity index (χ2v) is 10.5. The molecule has 10 heteroatoms. The van der Waals surface area contributed by atoms with Crippen LogP contribution in [0.3, 0.4) is 0 Å². The number of fused-ring (bicyclic) bond motifs is 1. The number of nitrogens with zero attached hydrogens (tertiary/aromatic N) is 3. The largest absolute Gasteiger partial charge is 0.368 e. The van der Waals surface area contributed by atoms with E-state index >= 15 is 0 Å². The first-order chi connectivity index (χ1) is 15.9. The van der Waals surface area contributed by atoms with Crippen molar-refractivity contribution < 1.29 is 8.42 Å². The Morgan fingerprint density at radius 1 is 1.03 bits per heavy atom. The van der Waals surface area contributed by atoms with E-state index in [1.54, 1.807) is 16.8 Å². The molecule has 34 heavy (non-hydrogen) atoms. The molecule has 1 aliphatic rings. The van der Waals surface area contributed by atoms with Crippen molar-refractivity contribution in [2.45, 2.75) is 4.90 Å². The highest BCUT2D eigenvalue weighted by atomic mass is 79.9. The summed E-state index contributed by atoms with van der Waals surface area (Å²) in [6, 6.07) is 18.8. The smallest absolute Gasteiger partial charge is 0.264 e. The topological polar surface area (TPSA) is 79.3 Å². The second kappa shape index (κ2) is 9.95. The van der Waals surface area contributed by atoms with Crippen molar-refractivity contribution in [1.82, 2.24) is 15.1 Å². The fourth-order valence-corrected chi connectivity index (χ4v) is 6.35. The van der Waals surface area contributed by atoms with Crippen LogP contribution in [0.15, 0.2) is 76.2 Å². The first-order valence-corrected chi connectivity index (χ1v) is 13.0. The van der Waals surface area contributed by atoms with Gasteiger partial charge in [-0.1, -0.05) is 42.5 Å². The van der Waals surface area contributed by atoms with Gasteiger partial charge in [0, 0.05) is 56.1 Å². The molecule has 2 N–H and O–H groups in total. The van der Waals surface area contributed by atoms with Gasteiger partial charge in [0.25, 0.3) is 10.0 Å². The molecule has 1 fully saturated rings. The number of piperazine rings is 1. The number of benzene rings is 3. The van der Waals surface area contributed by atoms with E-state index in [1.165, 1.54) is 0 Å². The van der Waals surface area contributed by atoms with E-state index in [1.807, 2.05) is 61.8 Å². The first-order valence-electron chi connectivity index (χ1n) is 10.7. The van der Waals surface area contributed by atoms with Crippen molar-refractivity contribution in [2.75, 3.05) is 35.8 Å². The number of anilines is 2. The molecule has 5 rings (SSSR count). The van der Waals surface area contributed by atoms with Gasteiger partial charge in [-0.3, -0.25) is 9.40 Å². The average molecular weight is 563 g/mol. The summed E-state index contributed by atoms with van der Waals surface area (Å²) in [4.78, 5) is 2.45. The number of sulfonamides is 1. The Morgan fingerprint density at radius 2 is 1.79 bits per heavy atom. The van der Waals surface area contributed by atoms with Gasteiger partial charge in [0.15, 0.2) is 0 Å². The van der Waals surface area contributed by atoms with Gasteiger partial charge in [-0.2, -0.15) is 5.10 Å². The highest BCUT2D eigenvalue weighted by Crippen LogP contribution is 2.35. The lowest BCUT2D eigenvalue weighted by Gasteiger charge is -2.31. The fourth-order valence-electron chi connectivity index (χ4n) is 4.26. The van der Waals surface area contributed by atoms with Crippen molar-refractivity contribution in [1.29, 1.82) is 0 Å². The molecule has 0 amide bonds. The van der Waals surface area contributed by atoms with Crippen molar-refractivity contribution in [2.24, 2.45) is 7.05 Å². The number of aromatic nitrogens is 2. The third-order valence-corrected chi connectivity index (χ3v) is 7.81. The summed E-state index contributed by atoms with van der Waals surface area (Å²) in [5.41, 5.74) is 2.80. The lowest BCUT2D eigenvalue weighted by atomic mass is 10.1. The van der Waals surface area contributed by atoms with Crippen LogP contribution in [0.1, 0.15) is 0 Å². The molecule has 0 radical (unpaired) electrons. The predicted molar refractivity (Wildman–Crippen MR) is 143 cm³/mol. The van der Waals surface area contributed by atoms with Gasteiger partial charge in [0.1, 0.15) is 10.6 Å². The Hall–Kier alpha value is -2.59. The Kier molecular flexibility index (Phi) is 7.18. The van der Waals surface area contributed by atoms with Crippen LogP contribution in [0.2, 0.25) is 0 Å². The fraction of sp³-hybridized carbons (Fsp3) is 0.208. The third-order valence-electron chi connectivity index (χ3n) is 5.76. The van der Waals surface area contributed by atoms with E-state index in [4.69, 9.17) is 0 Å². The standard InChI is InChI=1S/C24H24BrN5O2S.ClH/c1-29-16-21(25)23(27-29)18-6-4-7-19(15-18)28-33(31,32)24-20-8-3-2-5-17(20)9-10-22(24)30-13-11-26-12-14-30;/h2-10,15-16,26,28H,11-14H2,1H3;1H. The van der Waals surface area contributed by atoms with Crippen LogP contribution in [0.25, 0.3) is 22.0 Å². The number of aryl methyl sites for hydroxylation is 1. The summed E-state index contributed by atoms with van der Waals surface area (Å²) in [6.07, 6.45) is 1.86. The molecular formula is C24H25BrClN5O2S. The number of halogens is 2. The number of hydrogen-bond acceptors (Lipinski definition) is 5.